The number of hydrogen-bond acceptors (Lipinski definition) is 7. The van der Waals surface area contributed by atoms with Gasteiger partial charge in [0.05, 0.1) is 19.7 Å². The van der Waals surface area contributed by atoms with Crippen LogP contribution in [-0.2, 0) is 17.7 Å². The van der Waals surface area contributed by atoms with Gasteiger partial charge in [0, 0.05) is 25.0 Å². The Morgan fingerprint density at radius 3 is 2.91 bits per heavy atom. The van der Waals surface area contributed by atoms with E-state index in [4.69, 9.17) is 9.47 Å². The number of esters is 1. The van der Waals surface area contributed by atoms with Gasteiger partial charge in [-0.05, 0) is 48.4 Å². The summed E-state index contributed by atoms with van der Waals surface area (Å²) in [6.45, 7) is 1.20. The lowest BCUT2D eigenvalue weighted by molar-refractivity contribution is 0.0606. The molecule has 1 unspecified atom stereocenters. The number of fused-ring (bicyclic) bond motifs is 4. The van der Waals surface area contributed by atoms with Gasteiger partial charge in [0.2, 0.25) is 0 Å². The summed E-state index contributed by atoms with van der Waals surface area (Å²) in [5.74, 6) is 1.31. The van der Waals surface area contributed by atoms with Crippen molar-refractivity contribution in [2.45, 2.75) is 37.8 Å². The largest absolute Gasteiger partial charge is 0.496 e. The normalized spacial score (nSPS) is 21.9. The summed E-state index contributed by atoms with van der Waals surface area (Å²) < 4.78 is 11.9. The van der Waals surface area contributed by atoms with Gasteiger partial charge in [-0.2, -0.15) is 0 Å². The number of ether oxygens (including phenoxy) is 2. The topological polar surface area (TPSA) is 102 Å². The number of thiophene rings is 1. The van der Waals surface area contributed by atoms with Crippen molar-refractivity contribution in [1.82, 2.24) is 14.9 Å². The van der Waals surface area contributed by atoms with Crippen molar-refractivity contribution in [3.05, 3.63) is 61.1 Å². The van der Waals surface area contributed by atoms with Gasteiger partial charge in [-0.15, -0.1) is 11.3 Å². The highest BCUT2D eigenvalue weighted by Crippen LogP contribution is 2.44. The van der Waals surface area contributed by atoms with E-state index in [1.165, 1.54) is 28.9 Å². The summed E-state index contributed by atoms with van der Waals surface area (Å²) in [4.78, 5) is 40.4. The van der Waals surface area contributed by atoms with E-state index in [1.807, 2.05) is 12.1 Å². The Bertz CT molecular complexity index is 1310. The van der Waals surface area contributed by atoms with Crippen molar-refractivity contribution in [2.24, 2.45) is 5.92 Å². The highest BCUT2D eigenvalue weighted by molar-refractivity contribution is 7.20. The number of H-pyrrole nitrogens is 1. The minimum Gasteiger partial charge on any atom is -0.496 e. The van der Waals surface area contributed by atoms with E-state index in [2.05, 4.69) is 16.4 Å². The van der Waals surface area contributed by atoms with Gasteiger partial charge >= 0.3 is 11.7 Å². The van der Waals surface area contributed by atoms with Crippen molar-refractivity contribution in [2.75, 3.05) is 20.8 Å². The van der Waals surface area contributed by atoms with Crippen LogP contribution in [0.15, 0.2) is 33.9 Å². The van der Waals surface area contributed by atoms with Crippen LogP contribution in [0.5, 0.6) is 5.75 Å². The molecular formula is C23H25N3O5S. The van der Waals surface area contributed by atoms with E-state index in [9.17, 15) is 14.4 Å². The van der Waals surface area contributed by atoms with E-state index < -0.39 is 11.7 Å². The van der Waals surface area contributed by atoms with Crippen LogP contribution in [0.4, 0.5) is 0 Å². The predicted octanol–water partition coefficient (Wildman–Crippen LogP) is 2.25. The van der Waals surface area contributed by atoms with Crippen LogP contribution in [0, 0.1) is 5.92 Å². The van der Waals surface area contributed by atoms with E-state index in [1.54, 1.807) is 7.11 Å². The van der Waals surface area contributed by atoms with Crippen molar-refractivity contribution in [3.63, 3.8) is 0 Å². The van der Waals surface area contributed by atoms with Crippen LogP contribution >= 0.6 is 11.3 Å². The predicted molar refractivity (Wildman–Crippen MR) is 122 cm³/mol. The van der Waals surface area contributed by atoms with Gasteiger partial charge < -0.3 is 19.8 Å². The van der Waals surface area contributed by atoms with Gasteiger partial charge in [0.1, 0.15) is 15.3 Å². The van der Waals surface area contributed by atoms with E-state index in [0.29, 0.717) is 39.9 Å². The third kappa shape index (κ3) is 3.36. The molecule has 0 amide bonds. The number of carbonyl (C=O) groups excluding carboxylic acids is 1. The molecule has 1 aliphatic heterocycles. The molecule has 8 nitrogen and oxygen atoms in total. The first-order chi connectivity index (χ1) is 15.5. The molecule has 2 aromatic heterocycles. The molecule has 0 radical (unpaired) electrons. The molecule has 2 N–H and O–H groups in total. The number of rotatable bonds is 5. The molecular weight excluding hydrogens is 430 g/mol. The molecule has 168 valence electrons. The third-order valence-corrected chi connectivity index (χ3v) is 7.96. The summed E-state index contributed by atoms with van der Waals surface area (Å²) in [5, 5.41) is 3.62. The summed E-state index contributed by atoms with van der Waals surface area (Å²) >= 11 is 1.05. The first kappa shape index (κ1) is 21.0. The SMILES string of the molecule is COC(=O)c1cc2[nH]c(=O)n(CCC3NC[C@H]4c5cccc(OC)c5CC[C@@H]34)c(=O)c2s1. The van der Waals surface area contributed by atoms with Crippen LogP contribution in [-0.4, -0.2) is 42.3 Å². The smallest absolute Gasteiger partial charge is 0.348 e. The number of carbonyl (C=O) groups is 1. The molecule has 3 atom stereocenters. The van der Waals surface area contributed by atoms with Crippen LogP contribution < -0.4 is 21.3 Å². The Morgan fingerprint density at radius 2 is 2.12 bits per heavy atom. The molecule has 32 heavy (non-hydrogen) atoms. The molecule has 3 heterocycles. The fraction of sp³-hybridized carbons (Fsp3) is 0.435. The fourth-order valence-corrected chi connectivity index (χ4v) is 6.31. The van der Waals surface area contributed by atoms with Gasteiger partial charge in [-0.25, -0.2) is 9.59 Å². The quantitative estimate of drug-likeness (QED) is 0.572. The van der Waals surface area contributed by atoms with Gasteiger partial charge in [0.15, 0.2) is 0 Å². The Balaban J connectivity index is 1.37. The molecule has 5 rings (SSSR count). The zero-order valence-electron chi connectivity index (χ0n) is 18.0. The maximum Gasteiger partial charge on any atom is 0.348 e. The first-order valence-corrected chi connectivity index (χ1v) is 11.6. The highest BCUT2D eigenvalue weighted by Gasteiger charge is 2.40. The molecule has 2 aliphatic rings. The molecule has 1 aromatic carbocycles. The molecule has 1 fully saturated rings. The number of hydrogen-bond donors (Lipinski definition) is 2. The number of aromatic nitrogens is 2. The number of nitrogens with zero attached hydrogens (tertiary/aromatic N) is 1. The molecule has 1 aliphatic carbocycles. The molecule has 9 heteroatoms. The second-order valence-corrected chi connectivity index (χ2v) is 9.42. The lowest BCUT2D eigenvalue weighted by Crippen LogP contribution is -2.38. The minimum atomic E-state index is -0.520. The molecule has 0 saturated carbocycles. The zero-order valence-corrected chi connectivity index (χ0v) is 18.8. The average Bonchev–Trinajstić information content (AvgIpc) is 3.42. The van der Waals surface area contributed by atoms with E-state index in [-0.39, 0.29) is 11.6 Å². The van der Waals surface area contributed by atoms with Crippen LogP contribution in [0.1, 0.15) is 39.6 Å². The Labute approximate surface area is 188 Å². The minimum absolute atomic E-state index is 0.232. The van der Waals surface area contributed by atoms with Gasteiger partial charge in [-0.3, -0.25) is 9.36 Å². The number of nitrogens with one attached hydrogen (secondary N) is 2. The number of aromatic amines is 1. The van der Waals surface area contributed by atoms with Crippen LogP contribution in [0.3, 0.4) is 0 Å². The summed E-state index contributed by atoms with van der Waals surface area (Å²) in [6.07, 6.45) is 2.70. The van der Waals surface area contributed by atoms with Gasteiger partial charge in [0.25, 0.3) is 5.56 Å². The van der Waals surface area contributed by atoms with E-state index in [0.717, 1.165) is 36.5 Å². The lowest BCUT2D eigenvalue weighted by Gasteiger charge is -2.31. The second kappa shape index (κ2) is 8.22. The third-order valence-electron chi connectivity index (χ3n) is 6.86. The summed E-state index contributed by atoms with van der Waals surface area (Å²) in [5.41, 5.74) is 2.21. The van der Waals surface area contributed by atoms with E-state index >= 15 is 0 Å². The fourth-order valence-electron chi connectivity index (χ4n) is 5.33. The van der Waals surface area contributed by atoms with Crippen molar-refractivity contribution >= 4 is 27.5 Å². The van der Waals surface area contributed by atoms with Crippen LogP contribution in [0.2, 0.25) is 0 Å². The maximum atomic E-state index is 13.0. The zero-order chi connectivity index (χ0) is 22.4. The highest BCUT2D eigenvalue weighted by atomic mass is 32.1. The Morgan fingerprint density at radius 1 is 1.28 bits per heavy atom. The number of methoxy groups -OCH3 is 2. The monoisotopic (exact) mass is 455 g/mol. The van der Waals surface area contributed by atoms with Gasteiger partial charge in [-0.1, -0.05) is 12.1 Å². The summed E-state index contributed by atoms with van der Waals surface area (Å²) in [6, 6.07) is 7.98. The molecule has 0 spiro atoms. The molecule has 0 bridgehead atoms. The Kier molecular flexibility index (Phi) is 5.38. The standard InChI is InChI=1S/C23H25N3O5S/c1-30-18-5-3-4-12-14(18)7-6-13-15(12)11-24-16(13)8-9-26-21(27)20-17(25-23(26)29)10-19(32-20)22(28)31-2/h3-5,10,13,15-16,24H,6-9,11H2,1-2H3,(H,25,29)/t13-,15+,16?/m1/s1. The first-order valence-electron chi connectivity index (χ1n) is 10.8. The van der Waals surface area contributed by atoms with Crippen molar-refractivity contribution in [1.29, 1.82) is 0 Å². The van der Waals surface area contributed by atoms with Crippen molar-refractivity contribution < 1.29 is 14.3 Å². The Hall–Kier alpha value is -2.91. The van der Waals surface area contributed by atoms with Crippen LogP contribution in [0.25, 0.3) is 10.2 Å². The summed E-state index contributed by atoms with van der Waals surface area (Å²) in [7, 11) is 3.00. The lowest BCUT2D eigenvalue weighted by atomic mass is 9.74. The molecule has 1 saturated heterocycles. The molecule has 3 aromatic rings. The second-order valence-electron chi connectivity index (χ2n) is 8.37. The van der Waals surface area contributed by atoms with Crippen molar-refractivity contribution in [3.8, 4) is 5.75 Å². The average molecular weight is 456 g/mol. The maximum absolute atomic E-state index is 13.0. The number of benzene rings is 1.